The molecule has 0 saturated carbocycles. The number of benzene rings is 1. The van der Waals surface area contributed by atoms with Crippen molar-refractivity contribution in [1.29, 1.82) is 0 Å². The summed E-state index contributed by atoms with van der Waals surface area (Å²) in [7, 11) is 0. The first-order chi connectivity index (χ1) is 13.2. The molecule has 9 heteroatoms. The fraction of sp³-hybridized carbons (Fsp3) is 0.368. The summed E-state index contributed by atoms with van der Waals surface area (Å²) in [5.74, 6) is -3.66. The quantitative estimate of drug-likeness (QED) is 0.401. The maximum atomic E-state index is 13.3. The van der Waals surface area contributed by atoms with Crippen molar-refractivity contribution in [3.05, 3.63) is 47.8 Å². The summed E-state index contributed by atoms with van der Waals surface area (Å²) in [6.07, 6.45) is 2.17. The molecule has 1 aromatic rings. The van der Waals surface area contributed by atoms with Crippen LogP contribution in [0.3, 0.4) is 0 Å². The highest BCUT2D eigenvalue weighted by molar-refractivity contribution is 5.90. The van der Waals surface area contributed by atoms with E-state index >= 15 is 0 Å². The largest absolute Gasteiger partial charge is 0.480 e. The van der Waals surface area contributed by atoms with E-state index in [4.69, 9.17) is 0 Å². The molecule has 2 amide bonds. The number of carbonyl (C=O) groups excluding carboxylic acids is 3. The van der Waals surface area contributed by atoms with Gasteiger partial charge in [-0.15, -0.1) is 0 Å². The van der Waals surface area contributed by atoms with Crippen molar-refractivity contribution in [3.8, 4) is 0 Å². The molecule has 152 valence electrons. The number of ether oxygens (including phenoxy) is 1. The molecule has 0 radical (unpaired) electrons. The molecule has 0 fully saturated rings. The Labute approximate surface area is 161 Å². The number of rotatable bonds is 10. The van der Waals surface area contributed by atoms with Gasteiger partial charge in [0.25, 0.3) is 0 Å². The number of carbonyl (C=O) groups is 4. The number of esters is 1. The molecule has 0 spiro atoms. The van der Waals surface area contributed by atoms with E-state index in [1.54, 1.807) is 13.0 Å². The van der Waals surface area contributed by atoms with Gasteiger partial charge in [0.2, 0.25) is 11.8 Å². The van der Waals surface area contributed by atoms with Gasteiger partial charge in [-0.25, -0.2) is 14.0 Å². The standard InChI is InChI=1S/C19H23FN2O6/c1-3-28-17(24)9-5-8-15(19(26)27)22-18(25)16(21-12(2)23)11-13-6-4-7-14(20)10-13/h4-7,9-10,15-16H,3,8,11H2,1-2H3,(H,21,23)(H,22,25)(H,26,27)/b9-5+/t15-,16+/m0/s1. The van der Waals surface area contributed by atoms with Gasteiger partial charge in [0.1, 0.15) is 17.9 Å². The number of carboxylic acid groups (broad SMARTS) is 1. The molecule has 1 rings (SSSR count). The number of hydrogen-bond acceptors (Lipinski definition) is 5. The predicted octanol–water partition coefficient (Wildman–Crippen LogP) is 0.952. The molecule has 0 aromatic heterocycles. The number of aliphatic carboxylic acids is 1. The van der Waals surface area contributed by atoms with Crippen molar-refractivity contribution >= 4 is 23.8 Å². The third-order valence-electron chi connectivity index (χ3n) is 3.55. The predicted molar refractivity (Wildman–Crippen MR) is 97.7 cm³/mol. The van der Waals surface area contributed by atoms with Crippen LogP contribution >= 0.6 is 0 Å². The fourth-order valence-corrected chi connectivity index (χ4v) is 2.34. The summed E-state index contributed by atoms with van der Waals surface area (Å²) in [6.45, 7) is 3.02. The summed E-state index contributed by atoms with van der Waals surface area (Å²) in [5.41, 5.74) is 0.461. The van der Waals surface area contributed by atoms with Crippen molar-refractivity contribution < 1.29 is 33.4 Å². The number of halogens is 1. The molecule has 0 aliphatic carbocycles. The molecular weight excluding hydrogens is 371 g/mol. The summed E-state index contributed by atoms with van der Waals surface area (Å²) >= 11 is 0. The minimum atomic E-state index is -1.32. The topological polar surface area (TPSA) is 122 Å². The lowest BCUT2D eigenvalue weighted by atomic mass is 10.0. The lowest BCUT2D eigenvalue weighted by Crippen LogP contribution is -2.52. The molecule has 8 nitrogen and oxygen atoms in total. The van der Waals surface area contributed by atoms with Crippen LogP contribution in [0.1, 0.15) is 25.8 Å². The van der Waals surface area contributed by atoms with E-state index in [9.17, 15) is 28.7 Å². The number of amides is 2. The monoisotopic (exact) mass is 394 g/mol. The van der Waals surface area contributed by atoms with Crippen molar-refractivity contribution in [2.45, 2.75) is 38.8 Å². The van der Waals surface area contributed by atoms with Gasteiger partial charge < -0.3 is 20.5 Å². The molecule has 0 aliphatic rings. The highest BCUT2D eigenvalue weighted by Crippen LogP contribution is 2.08. The molecular formula is C19H23FN2O6. The van der Waals surface area contributed by atoms with Crippen molar-refractivity contribution in [3.63, 3.8) is 0 Å². The van der Waals surface area contributed by atoms with E-state index in [1.807, 2.05) is 0 Å². The van der Waals surface area contributed by atoms with Crippen LogP contribution in [0.25, 0.3) is 0 Å². The van der Waals surface area contributed by atoms with Crippen LogP contribution in [0, 0.1) is 5.82 Å². The number of carboxylic acids is 1. The van der Waals surface area contributed by atoms with Gasteiger partial charge in [-0.3, -0.25) is 9.59 Å². The maximum absolute atomic E-state index is 13.3. The van der Waals surface area contributed by atoms with Crippen LogP contribution in [0.15, 0.2) is 36.4 Å². The second kappa shape index (κ2) is 11.5. The Morgan fingerprint density at radius 1 is 1.21 bits per heavy atom. The highest BCUT2D eigenvalue weighted by Gasteiger charge is 2.25. The average Bonchev–Trinajstić information content (AvgIpc) is 2.60. The Balaban J connectivity index is 2.83. The lowest BCUT2D eigenvalue weighted by Gasteiger charge is -2.20. The van der Waals surface area contributed by atoms with Gasteiger partial charge in [0.15, 0.2) is 0 Å². The lowest BCUT2D eigenvalue weighted by molar-refractivity contribution is -0.142. The molecule has 28 heavy (non-hydrogen) atoms. The second-order valence-corrected chi connectivity index (χ2v) is 5.88. The Morgan fingerprint density at radius 3 is 2.50 bits per heavy atom. The molecule has 1 aromatic carbocycles. The molecule has 0 unspecified atom stereocenters. The van der Waals surface area contributed by atoms with Crippen LogP contribution in [-0.4, -0.2) is 47.6 Å². The minimum Gasteiger partial charge on any atom is -0.480 e. The molecule has 3 N–H and O–H groups in total. The van der Waals surface area contributed by atoms with E-state index < -0.39 is 41.7 Å². The summed E-state index contributed by atoms with van der Waals surface area (Å²) < 4.78 is 18.0. The zero-order valence-corrected chi connectivity index (χ0v) is 15.6. The summed E-state index contributed by atoms with van der Waals surface area (Å²) in [6, 6.07) is 3.11. The van der Waals surface area contributed by atoms with Gasteiger partial charge >= 0.3 is 11.9 Å². The molecule has 0 heterocycles. The Bertz CT molecular complexity index is 750. The van der Waals surface area contributed by atoms with E-state index in [0.29, 0.717) is 5.56 Å². The third kappa shape index (κ3) is 8.43. The molecule has 0 saturated heterocycles. The number of nitrogens with one attached hydrogen (secondary N) is 2. The zero-order chi connectivity index (χ0) is 21.1. The Hall–Kier alpha value is -3.23. The van der Waals surface area contributed by atoms with Gasteiger partial charge in [-0.1, -0.05) is 18.2 Å². The smallest absolute Gasteiger partial charge is 0.330 e. The van der Waals surface area contributed by atoms with E-state index in [1.165, 1.54) is 31.2 Å². The van der Waals surface area contributed by atoms with E-state index in [2.05, 4.69) is 15.4 Å². The molecule has 2 atom stereocenters. The number of hydrogen-bond donors (Lipinski definition) is 3. The summed E-state index contributed by atoms with van der Waals surface area (Å²) in [5, 5.41) is 14.0. The van der Waals surface area contributed by atoms with E-state index in [-0.39, 0.29) is 19.4 Å². The van der Waals surface area contributed by atoms with Crippen LogP contribution in [-0.2, 0) is 30.3 Å². The first-order valence-electron chi connectivity index (χ1n) is 8.61. The van der Waals surface area contributed by atoms with Crippen LogP contribution in [0.4, 0.5) is 4.39 Å². The molecule has 0 aliphatic heterocycles. The van der Waals surface area contributed by atoms with Gasteiger partial charge in [0.05, 0.1) is 6.61 Å². The first-order valence-corrected chi connectivity index (χ1v) is 8.61. The fourth-order valence-electron chi connectivity index (χ4n) is 2.34. The van der Waals surface area contributed by atoms with Crippen molar-refractivity contribution in [1.82, 2.24) is 10.6 Å². The molecule has 0 bridgehead atoms. The van der Waals surface area contributed by atoms with Crippen LogP contribution < -0.4 is 10.6 Å². The highest BCUT2D eigenvalue weighted by atomic mass is 19.1. The second-order valence-electron chi connectivity index (χ2n) is 5.88. The maximum Gasteiger partial charge on any atom is 0.330 e. The SMILES string of the molecule is CCOC(=O)/C=C/C[C@H](NC(=O)[C@@H](Cc1cccc(F)c1)NC(C)=O)C(=O)O. The Kier molecular flexibility index (Phi) is 9.35. The van der Waals surface area contributed by atoms with Gasteiger partial charge in [-0.05, 0) is 31.0 Å². The van der Waals surface area contributed by atoms with Crippen molar-refractivity contribution in [2.24, 2.45) is 0 Å². The van der Waals surface area contributed by atoms with Crippen LogP contribution in [0.5, 0.6) is 0 Å². The minimum absolute atomic E-state index is 0.0197. The zero-order valence-electron chi connectivity index (χ0n) is 15.6. The Morgan fingerprint density at radius 2 is 1.93 bits per heavy atom. The normalized spacial score (nSPS) is 12.8. The first kappa shape index (κ1) is 22.8. The van der Waals surface area contributed by atoms with Gasteiger partial charge in [0, 0.05) is 19.4 Å². The van der Waals surface area contributed by atoms with Crippen LogP contribution in [0.2, 0.25) is 0 Å². The van der Waals surface area contributed by atoms with E-state index in [0.717, 1.165) is 6.08 Å². The van der Waals surface area contributed by atoms with Gasteiger partial charge in [-0.2, -0.15) is 0 Å². The third-order valence-corrected chi connectivity index (χ3v) is 3.55. The van der Waals surface area contributed by atoms with Crippen molar-refractivity contribution in [2.75, 3.05) is 6.61 Å². The summed E-state index contributed by atoms with van der Waals surface area (Å²) in [4.78, 5) is 46.5. The average molecular weight is 394 g/mol.